The number of benzene rings is 2. The van der Waals surface area contributed by atoms with E-state index in [9.17, 15) is 14.4 Å². The van der Waals surface area contributed by atoms with Crippen LogP contribution in [0.3, 0.4) is 0 Å². The van der Waals surface area contributed by atoms with Crippen molar-refractivity contribution in [1.29, 1.82) is 0 Å². The average molecular weight is 466 g/mol. The number of nitrogens with zero attached hydrogens (tertiary/aromatic N) is 2. The van der Waals surface area contributed by atoms with Gasteiger partial charge in [-0.2, -0.15) is 0 Å². The first-order valence-electron chi connectivity index (χ1n) is 11.3. The number of hydrogen-bond donors (Lipinski definition) is 1. The topological polar surface area (TPSA) is 69.7 Å². The van der Waals surface area contributed by atoms with Crippen LogP contribution in [0.25, 0.3) is 0 Å². The van der Waals surface area contributed by atoms with E-state index in [1.54, 1.807) is 30.3 Å². The molecule has 1 heterocycles. The molecule has 4 rings (SSSR count). The summed E-state index contributed by atoms with van der Waals surface area (Å²) >= 11 is 6.26. The van der Waals surface area contributed by atoms with E-state index in [0.717, 1.165) is 41.7 Å². The zero-order valence-electron chi connectivity index (χ0n) is 19.2. The van der Waals surface area contributed by atoms with Crippen molar-refractivity contribution in [2.45, 2.75) is 52.0 Å². The fourth-order valence-corrected chi connectivity index (χ4v) is 4.68. The number of imide groups is 1. The average Bonchev–Trinajstić information content (AvgIpc) is 3.03. The van der Waals surface area contributed by atoms with Crippen molar-refractivity contribution in [3.8, 4) is 0 Å². The van der Waals surface area contributed by atoms with Gasteiger partial charge >= 0.3 is 0 Å². The first kappa shape index (κ1) is 23.1. The van der Waals surface area contributed by atoms with Gasteiger partial charge in [0.05, 0.1) is 5.69 Å². The van der Waals surface area contributed by atoms with Crippen molar-refractivity contribution in [2.75, 3.05) is 17.3 Å². The van der Waals surface area contributed by atoms with Crippen molar-refractivity contribution >= 4 is 40.7 Å². The number of hydrogen-bond acceptors (Lipinski definition) is 4. The molecule has 1 aliphatic carbocycles. The van der Waals surface area contributed by atoms with Crippen molar-refractivity contribution in [3.63, 3.8) is 0 Å². The number of carbonyl (C=O) groups excluding carboxylic acids is 3. The molecule has 3 amide bonds. The standard InChI is InChI=1S/C26H28ClN3O3/c1-16-9-10-17(2)21(15-16)30-25(32)22(27)23(26(30)33)28-19-13-11-18(12-14-19)24(31)29(3)20-7-5-4-6-8-20/h9-15,20,28H,4-8H2,1-3H3. The predicted octanol–water partition coefficient (Wildman–Crippen LogP) is 5.14. The van der Waals surface area contributed by atoms with Crippen molar-refractivity contribution in [3.05, 3.63) is 69.9 Å². The monoisotopic (exact) mass is 465 g/mol. The molecule has 2 aromatic rings. The van der Waals surface area contributed by atoms with Gasteiger partial charge in [0.1, 0.15) is 10.7 Å². The molecule has 2 aromatic carbocycles. The molecule has 1 saturated carbocycles. The highest BCUT2D eigenvalue weighted by atomic mass is 35.5. The molecule has 0 saturated heterocycles. The van der Waals surface area contributed by atoms with Gasteiger partial charge in [-0.25, -0.2) is 4.90 Å². The van der Waals surface area contributed by atoms with E-state index in [2.05, 4.69) is 5.32 Å². The van der Waals surface area contributed by atoms with Crippen LogP contribution in [0.1, 0.15) is 53.6 Å². The lowest BCUT2D eigenvalue weighted by molar-refractivity contribution is -0.120. The van der Waals surface area contributed by atoms with Crippen LogP contribution in [0.15, 0.2) is 53.2 Å². The highest BCUT2D eigenvalue weighted by Crippen LogP contribution is 2.32. The third-order valence-corrected chi connectivity index (χ3v) is 6.83. The van der Waals surface area contributed by atoms with Gasteiger partial charge in [-0.05, 0) is 68.1 Å². The Balaban J connectivity index is 1.49. The highest BCUT2D eigenvalue weighted by molar-refractivity contribution is 6.53. The molecule has 1 fully saturated rings. The number of nitrogens with one attached hydrogen (secondary N) is 1. The van der Waals surface area contributed by atoms with Gasteiger partial charge in [0, 0.05) is 24.3 Å². The van der Waals surface area contributed by atoms with Crippen LogP contribution in [0.5, 0.6) is 0 Å². The molecule has 0 unspecified atom stereocenters. The summed E-state index contributed by atoms with van der Waals surface area (Å²) in [4.78, 5) is 41.7. The summed E-state index contributed by atoms with van der Waals surface area (Å²) in [5.74, 6) is -1.08. The third kappa shape index (κ3) is 4.53. The fourth-order valence-electron chi connectivity index (χ4n) is 4.47. The lowest BCUT2D eigenvalue weighted by Crippen LogP contribution is -2.38. The molecule has 0 aromatic heterocycles. The van der Waals surface area contributed by atoms with E-state index in [4.69, 9.17) is 11.6 Å². The van der Waals surface area contributed by atoms with Crippen LogP contribution in [0.4, 0.5) is 11.4 Å². The Morgan fingerprint density at radius 2 is 1.67 bits per heavy atom. The van der Waals surface area contributed by atoms with E-state index in [-0.39, 0.29) is 22.7 Å². The number of halogens is 1. The second-order valence-corrected chi connectivity index (χ2v) is 9.21. The van der Waals surface area contributed by atoms with Crippen molar-refractivity contribution in [2.24, 2.45) is 0 Å². The Labute approximate surface area is 199 Å². The molecule has 172 valence electrons. The van der Waals surface area contributed by atoms with Gasteiger partial charge < -0.3 is 10.2 Å². The molecule has 33 heavy (non-hydrogen) atoms. The van der Waals surface area contributed by atoms with E-state index < -0.39 is 11.8 Å². The van der Waals surface area contributed by atoms with E-state index in [1.807, 2.05) is 37.9 Å². The predicted molar refractivity (Wildman–Crippen MR) is 130 cm³/mol. The molecular formula is C26H28ClN3O3. The molecule has 0 bridgehead atoms. The lowest BCUT2D eigenvalue weighted by atomic mass is 9.94. The summed E-state index contributed by atoms with van der Waals surface area (Å²) in [6.07, 6.45) is 5.64. The third-order valence-electron chi connectivity index (χ3n) is 6.48. The van der Waals surface area contributed by atoms with Gasteiger partial charge in [-0.3, -0.25) is 14.4 Å². The number of carbonyl (C=O) groups is 3. The Bertz CT molecular complexity index is 1130. The molecule has 1 N–H and O–H groups in total. The highest BCUT2D eigenvalue weighted by Gasteiger charge is 2.39. The number of anilines is 2. The Morgan fingerprint density at radius 3 is 2.33 bits per heavy atom. The molecule has 1 aliphatic heterocycles. The zero-order chi connectivity index (χ0) is 23.7. The van der Waals surface area contributed by atoms with Gasteiger partial charge in [0.25, 0.3) is 17.7 Å². The van der Waals surface area contributed by atoms with Crippen LogP contribution in [0, 0.1) is 13.8 Å². The molecule has 0 atom stereocenters. The SMILES string of the molecule is Cc1ccc(C)c(N2C(=O)C(Cl)=C(Nc3ccc(C(=O)N(C)C4CCCCC4)cc3)C2=O)c1. The van der Waals surface area contributed by atoms with Gasteiger partial charge in [0.15, 0.2) is 0 Å². The summed E-state index contributed by atoms with van der Waals surface area (Å²) in [6.45, 7) is 3.74. The largest absolute Gasteiger partial charge is 0.350 e. The van der Waals surface area contributed by atoms with Crippen LogP contribution in [0.2, 0.25) is 0 Å². The molecule has 0 spiro atoms. The second-order valence-electron chi connectivity index (χ2n) is 8.83. The molecule has 0 radical (unpaired) electrons. The maximum atomic E-state index is 13.1. The Morgan fingerprint density at radius 1 is 1.00 bits per heavy atom. The Hall–Kier alpha value is -3.12. The fraction of sp³-hybridized carbons (Fsp3) is 0.346. The molecule has 6 nitrogen and oxygen atoms in total. The lowest BCUT2D eigenvalue weighted by Gasteiger charge is -2.31. The molecule has 2 aliphatic rings. The number of aryl methyl sites for hydroxylation is 2. The minimum absolute atomic E-state index is 0.0149. The van der Waals surface area contributed by atoms with Crippen molar-refractivity contribution in [1.82, 2.24) is 4.90 Å². The summed E-state index contributed by atoms with van der Waals surface area (Å²) in [7, 11) is 1.86. The van der Waals surface area contributed by atoms with Gasteiger partial charge in [-0.1, -0.05) is 43.0 Å². The molecule has 7 heteroatoms. The zero-order valence-corrected chi connectivity index (χ0v) is 19.9. The van der Waals surface area contributed by atoms with Crippen LogP contribution < -0.4 is 10.2 Å². The van der Waals surface area contributed by atoms with Crippen LogP contribution in [-0.4, -0.2) is 35.7 Å². The second kappa shape index (κ2) is 9.40. The minimum atomic E-state index is -0.557. The first-order chi connectivity index (χ1) is 15.8. The van der Waals surface area contributed by atoms with Crippen LogP contribution in [-0.2, 0) is 9.59 Å². The Kier molecular flexibility index (Phi) is 6.56. The summed E-state index contributed by atoms with van der Waals surface area (Å²) in [5, 5.41) is 2.82. The summed E-state index contributed by atoms with van der Waals surface area (Å²) in [6, 6.07) is 12.8. The maximum absolute atomic E-state index is 13.1. The van der Waals surface area contributed by atoms with E-state index in [1.165, 1.54) is 6.42 Å². The summed E-state index contributed by atoms with van der Waals surface area (Å²) < 4.78 is 0. The number of amides is 3. The normalized spacial score (nSPS) is 17.0. The van der Waals surface area contributed by atoms with Gasteiger partial charge in [0.2, 0.25) is 0 Å². The maximum Gasteiger partial charge on any atom is 0.283 e. The minimum Gasteiger partial charge on any atom is -0.350 e. The van der Waals surface area contributed by atoms with E-state index in [0.29, 0.717) is 16.9 Å². The number of rotatable bonds is 5. The van der Waals surface area contributed by atoms with Crippen LogP contribution >= 0.6 is 11.6 Å². The van der Waals surface area contributed by atoms with E-state index >= 15 is 0 Å². The smallest absolute Gasteiger partial charge is 0.283 e. The summed E-state index contributed by atoms with van der Waals surface area (Å²) in [5.41, 5.74) is 3.45. The first-order valence-corrected chi connectivity index (χ1v) is 11.7. The van der Waals surface area contributed by atoms with Gasteiger partial charge in [-0.15, -0.1) is 0 Å². The molecular weight excluding hydrogens is 438 g/mol. The van der Waals surface area contributed by atoms with Crippen molar-refractivity contribution < 1.29 is 14.4 Å². The quantitative estimate of drug-likeness (QED) is 0.620.